The van der Waals surface area contributed by atoms with E-state index in [1.54, 1.807) is 20.8 Å². The number of hydrogen-bond acceptors (Lipinski definition) is 25. The molecule has 7 aliphatic rings. The Morgan fingerprint density at radius 2 is 1.09 bits per heavy atom. The molecule has 8 rings (SSSR count). The maximum absolute atomic E-state index is 15.2. The molecule has 0 radical (unpaired) electrons. The standard InChI is InChI=1S/C77H128N5O25P/c1-6-8-10-12-14-16-18-20-22-24-26-28-32-38-57(85)95-49-52(97-58(86)39-33-29-27-25-23-21-19-17-15-13-11-9-7-2)50-96-108(93,94)107-70-65(66-67(103-76(102-66)42-34-30-35-43-76)68-69(70)105-77(104-68)44-36-31-37-45-77)101-72-59(80-74(92)106-75(3,4)5)61(88)64(100-73-63(90)62(89)60(87)56(48-83)99-73)55(98-72)47-79-71(91)53-41-40-51(81-82-78)46-54(53)84/h40-41,46,52,55-56,59-70,72-73,83-84,87-90H,6-39,42-45,47-50H2,1-5H3,(H,79,91)(H,80,92)(H,93,94)/t52-,55-,56-,59-,60-,61-,62+,63+,64-,65-,66-,67+,68-,69-,70+,72-,73-/m1/s1. The molecule has 2 spiro atoms. The summed E-state index contributed by atoms with van der Waals surface area (Å²) in [6, 6.07) is 1.65. The van der Waals surface area contributed by atoms with E-state index in [0.717, 1.165) is 76.7 Å². The van der Waals surface area contributed by atoms with Gasteiger partial charge in [0.1, 0.15) is 103 Å². The van der Waals surface area contributed by atoms with Crippen molar-refractivity contribution in [3.05, 3.63) is 34.2 Å². The van der Waals surface area contributed by atoms with E-state index in [1.165, 1.54) is 108 Å². The number of ether oxygens (including phenoxy) is 11. The molecule has 9 N–H and O–H groups in total. The Labute approximate surface area is 637 Å². The van der Waals surface area contributed by atoms with Gasteiger partial charge in [0.2, 0.25) is 0 Å². The molecule has 4 heterocycles. The maximum Gasteiger partial charge on any atom is 0.472 e. The largest absolute Gasteiger partial charge is 0.507 e. The summed E-state index contributed by atoms with van der Waals surface area (Å²) in [5.41, 5.74) is 7.54. The van der Waals surface area contributed by atoms with Crippen molar-refractivity contribution in [2.24, 2.45) is 5.11 Å². The number of phosphoric ester groups is 1. The monoisotopic (exact) mass is 1550 g/mol. The van der Waals surface area contributed by atoms with Crippen molar-refractivity contribution >= 4 is 37.4 Å². The summed E-state index contributed by atoms with van der Waals surface area (Å²) in [6.07, 6.45) is 7.50. The third-order valence-electron chi connectivity index (χ3n) is 21.6. The van der Waals surface area contributed by atoms with Gasteiger partial charge in [-0.1, -0.05) is 192 Å². The number of phenols is 1. The van der Waals surface area contributed by atoms with Crippen LogP contribution < -0.4 is 10.6 Å². The number of nitrogens with one attached hydrogen (secondary N) is 2. The Balaban J connectivity index is 1.06. The van der Waals surface area contributed by atoms with Gasteiger partial charge in [0.15, 0.2) is 30.3 Å². The summed E-state index contributed by atoms with van der Waals surface area (Å²) in [7, 11) is -5.50. The SMILES string of the molecule is CCCCCCCCCCCCCCCC(=O)OC[C@H](COP(=O)(O)O[C@H]1[C@H](O[C@H]2O[C@H](CNC(=O)c3ccc(N=[N+]=[N-])cc3O)[C@@H](O[C@H]3O[C@H](CO)[C@@H](O)[C@H](O)[C@@H]3O)[C@H](O)[C@H]2NC(=O)OC(C)(C)C)[C@H]2OC3(CCCCC3)O[C@@H]2[C@H]2OC3(CCCCC3)O[C@H]21)OC(=O)CCCCCCCCCCCCCCC. The molecule has 7 fully saturated rings. The van der Waals surface area contributed by atoms with E-state index >= 15 is 4.57 Å². The molecule has 18 atom stereocenters. The minimum atomic E-state index is -5.50. The zero-order valence-electron chi connectivity index (χ0n) is 64.5. The number of phenolic OH excluding ortho intramolecular Hbond substituents is 1. The number of aliphatic hydroxyl groups is 5. The van der Waals surface area contributed by atoms with Gasteiger partial charge in [0, 0.05) is 55.7 Å². The fourth-order valence-electron chi connectivity index (χ4n) is 15.8. The molecule has 616 valence electrons. The highest BCUT2D eigenvalue weighted by molar-refractivity contribution is 7.47. The lowest BCUT2D eigenvalue weighted by atomic mass is 9.84. The van der Waals surface area contributed by atoms with Crippen LogP contribution >= 0.6 is 7.82 Å². The number of fused-ring (bicyclic) bond motifs is 3. The number of benzene rings is 1. The molecule has 30 nitrogen and oxygen atoms in total. The number of aliphatic hydroxyl groups excluding tert-OH is 5. The van der Waals surface area contributed by atoms with E-state index in [2.05, 4.69) is 34.5 Å². The summed E-state index contributed by atoms with van der Waals surface area (Å²) in [5.74, 6) is -5.22. The van der Waals surface area contributed by atoms with E-state index in [1.807, 2.05) is 0 Å². The Bertz CT molecular complexity index is 2970. The lowest BCUT2D eigenvalue weighted by molar-refractivity contribution is -0.353. The quantitative estimate of drug-likeness (QED) is 0.00557. The van der Waals surface area contributed by atoms with Gasteiger partial charge in [0.25, 0.3) is 5.91 Å². The molecular formula is C77H128N5O25P. The fraction of sp³-hybridized carbons (Fsp3) is 0.870. The van der Waals surface area contributed by atoms with Crippen LogP contribution in [0.15, 0.2) is 23.3 Å². The number of esters is 2. The normalized spacial score (nSPS) is 29.5. The van der Waals surface area contributed by atoms with Gasteiger partial charge in [-0.3, -0.25) is 23.4 Å². The topological polar surface area (TPSA) is 420 Å². The van der Waals surface area contributed by atoms with Gasteiger partial charge in [-0.25, -0.2) is 9.36 Å². The number of unbranched alkanes of at least 4 members (excludes halogenated alkanes) is 24. The summed E-state index contributed by atoms with van der Waals surface area (Å²) in [5, 5.41) is 75.9. The first-order valence-electron chi connectivity index (χ1n) is 40.7. The van der Waals surface area contributed by atoms with Gasteiger partial charge in [-0.2, -0.15) is 0 Å². The second-order valence-electron chi connectivity index (χ2n) is 31.6. The predicted octanol–water partition coefficient (Wildman–Crippen LogP) is 12.4. The fourth-order valence-corrected chi connectivity index (χ4v) is 16.7. The summed E-state index contributed by atoms with van der Waals surface area (Å²) in [4.78, 5) is 70.5. The minimum absolute atomic E-state index is 0.0210. The van der Waals surface area contributed by atoms with E-state index in [-0.39, 0.29) is 24.1 Å². The van der Waals surface area contributed by atoms with E-state index in [9.17, 15) is 54.7 Å². The van der Waals surface area contributed by atoms with Crippen LogP contribution in [0.1, 0.15) is 289 Å². The van der Waals surface area contributed by atoms with Crippen molar-refractivity contribution < 1.29 is 120 Å². The predicted molar refractivity (Wildman–Crippen MR) is 394 cm³/mol. The van der Waals surface area contributed by atoms with Crippen LogP contribution in [-0.4, -0.2) is 207 Å². The van der Waals surface area contributed by atoms with E-state index < -0.39 is 185 Å². The van der Waals surface area contributed by atoms with Crippen molar-refractivity contribution in [1.82, 2.24) is 10.6 Å². The second-order valence-corrected chi connectivity index (χ2v) is 33.0. The van der Waals surface area contributed by atoms with Crippen molar-refractivity contribution in [3.63, 3.8) is 0 Å². The third kappa shape index (κ3) is 27.4. The van der Waals surface area contributed by atoms with Crippen LogP contribution in [0.25, 0.3) is 10.4 Å². The molecule has 2 amide bonds. The van der Waals surface area contributed by atoms with Crippen molar-refractivity contribution in [2.75, 3.05) is 26.4 Å². The molecule has 4 aliphatic heterocycles. The highest BCUT2D eigenvalue weighted by Crippen LogP contribution is 2.56. The van der Waals surface area contributed by atoms with Gasteiger partial charge in [-0.05, 0) is 77.0 Å². The highest BCUT2D eigenvalue weighted by atomic mass is 31.2. The number of alkyl carbamates (subject to hydrolysis) is 1. The molecule has 31 heteroatoms. The van der Waals surface area contributed by atoms with Crippen LogP contribution in [-0.2, 0) is 75.3 Å². The molecule has 3 aliphatic carbocycles. The number of aromatic hydroxyl groups is 1. The average molecular weight is 1550 g/mol. The second kappa shape index (κ2) is 44.9. The summed E-state index contributed by atoms with van der Waals surface area (Å²) >= 11 is 0. The number of azide groups is 1. The van der Waals surface area contributed by atoms with Gasteiger partial charge in [0.05, 0.1) is 18.8 Å². The van der Waals surface area contributed by atoms with Crippen molar-refractivity contribution in [2.45, 2.75) is 400 Å². The lowest BCUT2D eigenvalue weighted by Gasteiger charge is -2.49. The zero-order chi connectivity index (χ0) is 77.7. The maximum atomic E-state index is 15.2. The number of amides is 2. The van der Waals surface area contributed by atoms with Crippen LogP contribution in [0.5, 0.6) is 5.75 Å². The Kier molecular flexibility index (Phi) is 37.1. The van der Waals surface area contributed by atoms with Crippen molar-refractivity contribution in [3.8, 4) is 5.75 Å². The van der Waals surface area contributed by atoms with Crippen LogP contribution in [0.2, 0.25) is 0 Å². The van der Waals surface area contributed by atoms with E-state index in [0.29, 0.717) is 64.2 Å². The highest BCUT2D eigenvalue weighted by Gasteiger charge is 2.69. The number of carbonyl (C=O) groups is 4. The first-order valence-corrected chi connectivity index (χ1v) is 42.2. The smallest absolute Gasteiger partial charge is 0.472 e. The zero-order valence-corrected chi connectivity index (χ0v) is 65.4. The summed E-state index contributed by atoms with van der Waals surface area (Å²) < 4.78 is 98.7. The Morgan fingerprint density at radius 3 is 1.59 bits per heavy atom. The molecule has 1 unspecified atom stereocenters. The molecule has 4 saturated heterocycles. The molecule has 108 heavy (non-hydrogen) atoms. The first-order chi connectivity index (χ1) is 51.9. The van der Waals surface area contributed by atoms with Crippen LogP contribution in [0.3, 0.4) is 0 Å². The third-order valence-corrected chi connectivity index (χ3v) is 22.6. The lowest BCUT2D eigenvalue weighted by Crippen LogP contribution is -2.70. The van der Waals surface area contributed by atoms with Gasteiger partial charge in [-0.15, -0.1) is 0 Å². The molecular weight excluding hydrogens is 1430 g/mol. The summed E-state index contributed by atoms with van der Waals surface area (Å²) in [6.45, 7) is 6.32. The van der Waals surface area contributed by atoms with Crippen LogP contribution in [0, 0.1) is 0 Å². The number of hydrogen-bond donors (Lipinski definition) is 9. The number of carbonyl (C=O) groups excluding carboxylic acids is 4. The molecule has 1 aromatic rings. The first kappa shape index (κ1) is 89.2. The molecule has 3 saturated carbocycles. The van der Waals surface area contributed by atoms with Crippen LogP contribution in [0.4, 0.5) is 10.5 Å². The Morgan fingerprint density at radius 1 is 0.611 bits per heavy atom. The molecule has 1 aromatic carbocycles. The molecule has 0 aromatic heterocycles. The average Bonchev–Trinajstić information content (AvgIpc) is 1.56. The van der Waals surface area contributed by atoms with Crippen molar-refractivity contribution in [1.29, 1.82) is 0 Å². The Hall–Kier alpha value is -4.40. The minimum Gasteiger partial charge on any atom is -0.507 e. The number of nitrogens with zero attached hydrogens (tertiary/aromatic N) is 3. The van der Waals surface area contributed by atoms with Gasteiger partial charge < -0.3 is 98.3 Å². The number of phosphoric acid groups is 1. The molecule has 0 bridgehead atoms. The van der Waals surface area contributed by atoms with Gasteiger partial charge >= 0.3 is 25.9 Å². The van der Waals surface area contributed by atoms with E-state index in [4.69, 9.17) is 66.7 Å². The number of rotatable bonds is 46.